The number of oxazole rings is 1. The summed E-state index contributed by atoms with van der Waals surface area (Å²) in [6.45, 7) is 0. The fourth-order valence-electron chi connectivity index (χ4n) is 1.89. The Balaban J connectivity index is 2.21. The second-order valence-corrected chi connectivity index (χ2v) is 4.10. The van der Waals surface area contributed by atoms with Gasteiger partial charge in [-0.05, 0) is 24.3 Å². The lowest BCUT2D eigenvalue weighted by molar-refractivity contribution is 0.0697. The quantitative estimate of drug-likeness (QED) is 0.686. The minimum Gasteiger partial charge on any atom is -0.478 e. The van der Waals surface area contributed by atoms with E-state index < -0.39 is 5.97 Å². The van der Waals surface area contributed by atoms with Crippen molar-refractivity contribution in [2.24, 2.45) is 0 Å². The number of rotatable bonds is 2. The molecular formula is C14H10N2O3. The number of nitrogen functional groups attached to an aromatic ring is 1. The van der Waals surface area contributed by atoms with Gasteiger partial charge in [0.15, 0.2) is 5.58 Å². The van der Waals surface area contributed by atoms with Crippen molar-refractivity contribution in [3.8, 4) is 11.5 Å². The van der Waals surface area contributed by atoms with Crippen molar-refractivity contribution in [3.63, 3.8) is 0 Å². The SMILES string of the molecule is Nc1cc(C(=O)O)cc2nc(-c3ccccc3)oc12. The molecule has 3 aromatic rings. The number of benzene rings is 2. The molecule has 0 atom stereocenters. The average Bonchev–Trinajstić information content (AvgIpc) is 2.84. The molecule has 5 nitrogen and oxygen atoms in total. The average molecular weight is 254 g/mol. The zero-order chi connectivity index (χ0) is 13.4. The van der Waals surface area contributed by atoms with E-state index in [2.05, 4.69) is 4.98 Å². The number of hydrogen-bond acceptors (Lipinski definition) is 4. The van der Waals surface area contributed by atoms with Crippen LogP contribution < -0.4 is 5.73 Å². The fraction of sp³-hybridized carbons (Fsp3) is 0. The van der Waals surface area contributed by atoms with E-state index in [1.54, 1.807) is 0 Å². The van der Waals surface area contributed by atoms with Crippen LogP contribution in [-0.4, -0.2) is 16.1 Å². The second-order valence-electron chi connectivity index (χ2n) is 4.10. The van der Waals surface area contributed by atoms with Crippen LogP contribution >= 0.6 is 0 Å². The van der Waals surface area contributed by atoms with Crippen molar-refractivity contribution in [1.82, 2.24) is 4.98 Å². The second kappa shape index (κ2) is 4.13. The van der Waals surface area contributed by atoms with E-state index in [4.69, 9.17) is 15.3 Å². The van der Waals surface area contributed by atoms with E-state index in [1.807, 2.05) is 30.3 Å². The highest BCUT2D eigenvalue weighted by Crippen LogP contribution is 2.28. The van der Waals surface area contributed by atoms with Crippen molar-refractivity contribution in [2.45, 2.75) is 0 Å². The summed E-state index contributed by atoms with van der Waals surface area (Å²) in [5, 5.41) is 8.98. The molecule has 0 saturated heterocycles. The molecular weight excluding hydrogens is 244 g/mol. The van der Waals surface area contributed by atoms with Gasteiger partial charge in [-0.2, -0.15) is 0 Å². The Bertz CT molecular complexity index is 763. The van der Waals surface area contributed by atoms with Gasteiger partial charge in [-0.3, -0.25) is 0 Å². The third-order valence-corrected chi connectivity index (χ3v) is 2.79. The molecule has 0 spiro atoms. The molecule has 1 heterocycles. The summed E-state index contributed by atoms with van der Waals surface area (Å²) in [4.78, 5) is 15.2. The third-order valence-electron chi connectivity index (χ3n) is 2.79. The van der Waals surface area contributed by atoms with Gasteiger partial charge in [0.1, 0.15) is 5.52 Å². The Labute approximate surface area is 108 Å². The molecule has 3 rings (SSSR count). The van der Waals surface area contributed by atoms with Crippen molar-refractivity contribution < 1.29 is 14.3 Å². The molecule has 0 saturated carbocycles. The molecule has 0 radical (unpaired) electrons. The first-order valence-corrected chi connectivity index (χ1v) is 5.64. The van der Waals surface area contributed by atoms with Crippen molar-refractivity contribution in [3.05, 3.63) is 48.0 Å². The van der Waals surface area contributed by atoms with E-state index in [0.717, 1.165) is 5.56 Å². The monoisotopic (exact) mass is 254 g/mol. The molecule has 2 aromatic carbocycles. The Morgan fingerprint density at radius 3 is 2.63 bits per heavy atom. The lowest BCUT2D eigenvalue weighted by Crippen LogP contribution is -1.98. The predicted octanol–water partition coefficient (Wildman–Crippen LogP) is 2.78. The first-order valence-electron chi connectivity index (χ1n) is 5.64. The third kappa shape index (κ3) is 1.91. The number of carboxylic acids is 1. The van der Waals surface area contributed by atoms with Gasteiger partial charge in [0.2, 0.25) is 5.89 Å². The Morgan fingerprint density at radius 1 is 1.21 bits per heavy atom. The Kier molecular flexibility index (Phi) is 2.45. The van der Waals surface area contributed by atoms with Gasteiger partial charge in [-0.15, -0.1) is 0 Å². The summed E-state index contributed by atoms with van der Waals surface area (Å²) in [5.74, 6) is -0.623. The summed E-state index contributed by atoms with van der Waals surface area (Å²) in [6, 6.07) is 12.2. The van der Waals surface area contributed by atoms with Gasteiger partial charge in [0, 0.05) is 5.56 Å². The first-order chi connectivity index (χ1) is 9.15. The molecule has 5 heteroatoms. The smallest absolute Gasteiger partial charge is 0.335 e. The number of nitrogens with zero attached hydrogens (tertiary/aromatic N) is 1. The van der Waals surface area contributed by atoms with Crippen LogP contribution in [0.4, 0.5) is 5.69 Å². The van der Waals surface area contributed by atoms with Crippen molar-refractivity contribution in [2.75, 3.05) is 5.73 Å². The van der Waals surface area contributed by atoms with Gasteiger partial charge in [0.25, 0.3) is 0 Å². The fourth-order valence-corrected chi connectivity index (χ4v) is 1.89. The van der Waals surface area contributed by atoms with Crippen molar-refractivity contribution >= 4 is 22.8 Å². The number of carboxylic acid groups (broad SMARTS) is 1. The van der Waals surface area contributed by atoms with E-state index in [1.165, 1.54) is 12.1 Å². The molecule has 0 aliphatic rings. The van der Waals surface area contributed by atoms with Crippen LogP contribution in [0.15, 0.2) is 46.9 Å². The summed E-state index contributed by atoms with van der Waals surface area (Å²) in [6.07, 6.45) is 0. The van der Waals surface area contributed by atoms with Gasteiger partial charge >= 0.3 is 5.97 Å². The molecule has 0 amide bonds. The molecule has 1 aromatic heterocycles. The van der Waals surface area contributed by atoms with Crippen LogP contribution in [0.25, 0.3) is 22.6 Å². The Hall–Kier alpha value is -2.82. The summed E-state index contributed by atoms with van der Waals surface area (Å²) in [7, 11) is 0. The maximum Gasteiger partial charge on any atom is 0.335 e. The number of hydrogen-bond donors (Lipinski definition) is 2. The van der Waals surface area contributed by atoms with Crippen LogP contribution in [-0.2, 0) is 0 Å². The minimum atomic E-state index is -1.04. The number of aromatic nitrogens is 1. The highest BCUT2D eigenvalue weighted by molar-refractivity contribution is 5.97. The van der Waals surface area contributed by atoms with Crippen LogP contribution in [0.3, 0.4) is 0 Å². The molecule has 0 unspecified atom stereocenters. The predicted molar refractivity (Wildman–Crippen MR) is 70.8 cm³/mol. The Morgan fingerprint density at radius 2 is 1.95 bits per heavy atom. The number of aromatic carboxylic acids is 1. The lowest BCUT2D eigenvalue weighted by atomic mass is 10.2. The minimum absolute atomic E-state index is 0.0953. The van der Waals surface area contributed by atoms with E-state index in [9.17, 15) is 4.79 Å². The molecule has 94 valence electrons. The standard InChI is InChI=1S/C14H10N2O3/c15-10-6-9(14(17)18)7-11-12(10)19-13(16-11)8-4-2-1-3-5-8/h1-7H,15H2,(H,17,18). The van der Waals surface area contributed by atoms with E-state index >= 15 is 0 Å². The topological polar surface area (TPSA) is 89.4 Å². The maximum absolute atomic E-state index is 11.0. The number of nitrogens with two attached hydrogens (primary N) is 1. The zero-order valence-corrected chi connectivity index (χ0v) is 9.83. The summed E-state index contributed by atoms with van der Waals surface area (Å²) in [5.41, 5.74) is 7.81. The highest BCUT2D eigenvalue weighted by Gasteiger charge is 2.14. The molecule has 0 bridgehead atoms. The zero-order valence-electron chi connectivity index (χ0n) is 9.83. The highest BCUT2D eigenvalue weighted by atomic mass is 16.4. The maximum atomic E-state index is 11.0. The van der Waals surface area contributed by atoms with Crippen LogP contribution in [0.1, 0.15) is 10.4 Å². The molecule has 19 heavy (non-hydrogen) atoms. The summed E-state index contributed by atoms with van der Waals surface area (Å²) >= 11 is 0. The normalized spacial score (nSPS) is 10.7. The van der Waals surface area contributed by atoms with Crippen molar-refractivity contribution in [1.29, 1.82) is 0 Å². The number of anilines is 1. The van der Waals surface area contributed by atoms with Crippen LogP contribution in [0.2, 0.25) is 0 Å². The first kappa shape index (κ1) is 11.3. The van der Waals surface area contributed by atoms with Gasteiger partial charge in [-0.1, -0.05) is 18.2 Å². The molecule has 0 aliphatic carbocycles. The van der Waals surface area contributed by atoms with Gasteiger partial charge in [0.05, 0.1) is 11.3 Å². The van der Waals surface area contributed by atoms with E-state index in [0.29, 0.717) is 17.0 Å². The molecule has 0 aliphatic heterocycles. The molecule has 3 N–H and O–H groups in total. The van der Waals surface area contributed by atoms with Crippen LogP contribution in [0.5, 0.6) is 0 Å². The lowest BCUT2D eigenvalue weighted by Gasteiger charge is -1.96. The molecule has 0 fully saturated rings. The van der Waals surface area contributed by atoms with Crippen LogP contribution in [0, 0.1) is 0 Å². The van der Waals surface area contributed by atoms with Gasteiger partial charge in [-0.25, -0.2) is 9.78 Å². The number of fused-ring (bicyclic) bond motifs is 1. The van der Waals surface area contributed by atoms with Gasteiger partial charge < -0.3 is 15.3 Å². The van der Waals surface area contributed by atoms with E-state index in [-0.39, 0.29) is 11.3 Å². The number of carbonyl (C=O) groups is 1. The summed E-state index contributed by atoms with van der Waals surface area (Å²) < 4.78 is 5.59. The largest absolute Gasteiger partial charge is 0.478 e.